The van der Waals surface area contributed by atoms with Crippen LogP contribution >= 0.6 is 11.6 Å². The highest BCUT2D eigenvalue weighted by molar-refractivity contribution is 6.30. The van der Waals surface area contributed by atoms with Gasteiger partial charge in [0.05, 0.1) is 6.42 Å². The molecule has 4 rings (SSSR count). The average Bonchev–Trinajstić information content (AvgIpc) is 3.07. The van der Waals surface area contributed by atoms with Gasteiger partial charge in [-0.25, -0.2) is 9.37 Å². The van der Waals surface area contributed by atoms with E-state index >= 15 is 0 Å². The molecule has 1 amide bonds. The zero-order chi connectivity index (χ0) is 18.8. The maximum Gasteiger partial charge on any atom is 0.228 e. The number of fused-ring (bicyclic) bond motifs is 1. The van der Waals surface area contributed by atoms with Gasteiger partial charge in [0.15, 0.2) is 5.58 Å². The van der Waals surface area contributed by atoms with E-state index in [0.717, 1.165) is 11.1 Å². The van der Waals surface area contributed by atoms with Crippen molar-refractivity contribution in [2.24, 2.45) is 0 Å². The largest absolute Gasteiger partial charge is 0.436 e. The Kier molecular flexibility index (Phi) is 4.60. The fourth-order valence-electron chi connectivity index (χ4n) is 2.74. The van der Waals surface area contributed by atoms with Gasteiger partial charge in [-0.2, -0.15) is 0 Å². The maximum atomic E-state index is 12.9. The Hall–Kier alpha value is -3.18. The van der Waals surface area contributed by atoms with Crippen LogP contribution in [0.1, 0.15) is 5.56 Å². The van der Waals surface area contributed by atoms with E-state index in [0.29, 0.717) is 27.7 Å². The summed E-state index contributed by atoms with van der Waals surface area (Å²) < 4.78 is 18.7. The van der Waals surface area contributed by atoms with Crippen molar-refractivity contribution in [3.63, 3.8) is 0 Å². The number of hydrogen-bond acceptors (Lipinski definition) is 3. The van der Waals surface area contributed by atoms with Crippen LogP contribution in [0.25, 0.3) is 22.6 Å². The number of carbonyl (C=O) groups excluding carboxylic acids is 1. The van der Waals surface area contributed by atoms with Crippen molar-refractivity contribution in [3.8, 4) is 11.5 Å². The molecule has 0 unspecified atom stereocenters. The predicted molar refractivity (Wildman–Crippen MR) is 103 cm³/mol. The number of amides is 1. The summed E-state index contributed by atoms with van der Waals surface area (Å²) in [6.07, 6.45) is 0.155. The molecule has 0 bridgehead atoms. The fraction of sp³-hybridized carbons (Fsp3) is 0.0476. The maximum absolute atomic E-state index is 12.9. The van der Waals surface area contributed by atoms with Gasteiger partial charge in [-0.1, -0.05) is 29.8 Å². The smallest absolute Gasteiger partial charge is 0.228 e. The highest BCUT2D eigenvalue weighted by atomic mass is 35.5. The molecule has 0 aliphatic rings. The number of anilines is 1. The Labute approximate surface area is 159 Å². The lowest BCUT2D eigenvalue weighted by molar-refractivity contribution is -0.115. The van der Waals surface area contributed by atoms with Crippen LogP contribution in [0.5, 0.6) is 0 Å². The number of nitrogens with zero attached hydrogens (tertiary/aromatic N) is 1. The Morgan fingerprint density at radius 2 is 1.89 bits per heavy atom. The van der Waals surface area contributed by atoms with E-state index in [2.05, 4.69) is 10.3 Å². The molecule has 0 radical (unpaired) electrons. The fourth-order valence-corrected chi connectivity index (χ4v) is 2.93. The lowest BCUT2D eigenvalue weighted by Gasteiger charge is -2.05. The van der Waals surface area contributed by atoms with Crippen LogP contribution in [0.15, 0.2) is 71.1 Å². The molecule has 134 valence electrons. The highest BCUT2D eigenvalue weighted by Crippen LogP contribution is 2.27. The van der Waals surface area contributed by atoms with Crippen molar-refractivity contribution in [2.45, 2.75) is 6.42 Å². The standard InChI is InChI=1S/C21H14ClFN2O2/c22-15-3-1-2-14(11-15)21-25-18-9-8-17(12-19(18)27-21)24-20(26)10-13-4-6-16(23)7-5-13/h1-9,11-12H,10H2,(H,24,26). The Morgan fingerprint density at radius 3 is 2.67 bits per heavy atom. The number of benzene rings is 3. The number of halogens is 2. The third kappa shape index (κ3) is 3.99. The molecule has 3 aromatic carbocycles. The van der Waals surface area contributed by atoms with E-state index in [1.165, 1.54) is 12.1 Å². The molecule has 6 heteroatoms. The Balaban J connectivity index is 1.53. The van der Waals surface area contributed by atoms with E-state index in [9.17, 15) is 9.18 Å². The van der Waals surface area contributed by atoms with Crippen LogP contribution in [-0.2, 0) is 11.2 Å². The first-order chi connectivity index (χ1) is 13.1. The Bertz CT molecular complexity index is 1120. The molecule has 0 atom stereocenters. The molecule has 1 N–H and O–H groups in total. The molecule has 1 heterocycles. The first-order valence-corrected chi connectivity index (χ1v) is 8.65. The van der Waals surface area contributed by atoms with Crippen LogP contribution in [0.2, 0.25) is 5.02 Å². The highest BCUT2D eigenvalue weighted by Gasteiger charge is 2.11. The SMILES string of the molecule is O=C(Cc1ccc(F)cc1)Nc1ccc2nc(-c3cccc(Cl)c3)oc2c1. The molecule has 0 saturated carbocycles. The van der Waals surface area contributed by atoms with Crippen molar-refractivity contribution in [1.29, 1.82) is 0 Å². The lowest BCUT2D eigenvalue weighted by Crippen LogP contribution is -2.14. The number of oxazole rings is 1. The predicted octanol–water partition coefficient (Wildman–Crippen LogP) is 5.47. The van der Waals surface area contributed by atoms with E-state index in [-0.39, 0.29) is 18.1 Å². The summed E-state index contributed by atoms with van der Waals surface area (Å²) in [5.74, 6) is -0.0664. The van der Waals surface area contributed by atoms with Gasteiger partial charge in [-0.3, -0.25) is 4.79 Å². The first-order valence-electron chi connectivity index (χ1n) is 8.28. The molecule has 4 nitrogen and oxygen atoms in total. The van der Waals surface area contributed by atoms with Crippen molar-refractivity contribution in [3.05, 3.63) is 83.1 Å². The van der Waals surface area contributed by atoms with Crippen molar-refractivity contribution in [2.75, 3.05) is 5.32 Å². The molecule has 0 aliphatic carbocycles. The molecule has 0 fully saturated rings. The number of carbonyl (C=O) groups is 1. The van der Waals surface area contributed by atoms with Crippen LogP contribution in [-0.4, -0.2) is 10.9 Å². The topological polar surface area (TPSA) is 55.1 Å². The second-order valence-electron chi connectivity index (χ2n) is 6.06. The van der Waals surface area contributed by atoms with E-state index < -0.39 is 0 Å². The Morgan fingerprint density at radius 1 is 1.07 bits per heavy atom. The minimum atomic E-state index is -0.328. The van der Waals surface area contributed by atoms with Gasteiger partial charge in [0.2, 0.25) is 11.8 Å². The molecule has 0 aliphatic heterocycles. The number of nitrogens with one attached hydrogen (secondary N) is 1. The van der Waals surface area contributed by atoms with E-state index in [1.807, 2.05) is 12.1 Å². The monoisotopic (exact) mass is 380 g/mol. The summed E-state index contributed by atoms with van der Waals surface area (Å²) in [5.41, 5.74) is 3.35. The summed E-state index contributed by atoms with van der Waals surface area (Å²) in [4.78, 5) is 16.6. The zero-order valence-corrected chi connectivity index (χ0v) is 14.8. The number of aromatic nitrogens is 1. The van der Waals surface area contributed by atoms with Crippen molar-refractivity contribution < 1.29 is 13.6 Å². The van der Waals surface area contributed by atoms with Crippen LogP contribution < -0.4 is 5.32 Å². The summed E-state index contributed by atoms with van der Waals surface area (Å²) in [5, 5.41) is 3.41. The molecule has 0 spiro atoms. The molecule has 4 aromatic rings. The first kappa shape index (κ1) is 17.2. The summed E-state index contributed by atoms with van der Waals surface area (Å²) in [6, 6.07) is 18.4. The quantitative estimate of drug-likeness (QED) is 0.511. The molecule has 0 saturated heterocycles. The molecular formula is C21H14ClFN2O2. The number of hydrogen-bond donors (Lipinski definition) is 1. The second-order valence-corrected chi connectivity index (χ2v) is 6.50. The van der Waals surface area contributed by atoms with Gasteiger partial charge in [0.1, 0.15) is 11.3 Å². The van der Waals surface area contributed by atoms with Gasteiger partial charge in [-0.15, -0.1) is 0 Å². The van der Waals surface area contributed by atoms with Crippen molar-refractivity contribution in [1.82, 2.24) is 4.98 Å². The van der Waals surface area contributed by atoms with Gasteiger partial charge in [-0.05, 0) is 48.0 Å². The van der Waals surface area contributed by atoms with Gasteiger partial charge >= 0.3 is 0 Å². The van der Waals surface area contributed by atoms with E-state index in [4.69, 9.17) is 16.0 Å². The molecule has 1 aromatic heterocycles. The average molecular weight is 381 g/mol. The van der Waals surface area contributed by atoms with E-state index in [1.54, 1.807) is 42.5 Å². The minimum absolute atomic E-state index is 0.155. The summed E-state index contributed by atoms with van der Waals surface area (Å²) >= 11 is 6.01. The lowest BCUT2D eigenvalue weighted by atomic mass is 10.1. The summed E-state index contributed by atoms with van der Waals surface area (Å²) in [6.45, 7) is 0. The normalized spacial score (nSPS) is 10.9. The van der Waals surface area contributed by atoms with Crippen LogP contribution in [0.4, 0.5) is 10.1 Å². The van der Waals surface area contributed by atoms with Gasteiger partial charge in [0, 0.05) is 22.3 Å². The minimum Gasteiger partial charge on any atom is -0.436 e. The zero-order valence-electron chi connectivity index (χ0n) is 14.1. The van der Waals surface area contributed by atoms with Gasteiger partial charge in [0.25, 0.3) is 0 Å². The van der Waals surface area contributed by atoms with Gasteiger partial charge < -0.3 is 9.73 Å². The third-order valence-corrected chi connectivity index (χ3v) is 4.26. The number of rotatable bonds is 4. The van der Waals surface area contributed by atoms with Crippen molar-refractivity contribution >= 4 is 34.3 Å². The van der Waals surface area contributed by atoms with Crippen LogP contribution in [0.3, 0.4) is 0 Å². The third-order valence-electron chi connectivity index (χ3n) is 4.02. The summed E-state index contributed by atoms with van der Waals surface area (Å²) in [7, 11) is 0. The molecule has 27 heavy (non-hydrogen) atoms. The second kappa shape index (κ2) is 7.21. The molecular weight excluding hydrogens is 367 g/mol. The van der Waals surface area contributed by atoms with Crippen LogP contribution in [0, 0.1) is 5.82 Å².